The van der Waals surface area contributed by atoms with Crippen molar-refractivity contribution in [3.8, 4) is 5.75 Å². The summed E-state index contributed by atoms with van der Waals surface area (Å²) in [4.78, 5) is 6.97. The molecule has 1 aromatic carbocycles. The molecule has 0 atom stereocenters. The predicted octanol–water partition coefficient (Wildman–Crippen LogP) is 4.12. The molecule has 0 unspecified atom stereocenters. The number of rotatable bonds is 11. The molecule has 0 radical (unpaired) electrons. The van der Waals surface area contributed by atoms with E-state index in [2.05, 4.69) is 35.1 Å². The zero-order valence-electron chi connectivity index (χ0n) is 15.0. The van der Waals surface area contributed by atoms with Gasteiger partial charge in [0, 0.05) is 29.9 Å². The van der Waals surface area contributed by atoms with E-state index in [4.69, 9.17) is 4.74 Å². The summed E-state index contributed by atoms with van der Waals surface area (Å²) in [5.41, 5.74) is 2.05. The molecule has 0 aliphatic rings. The fourth-order valence-corrected chi connectivity index (χ4v) is 3.49. The first-order valence-corrected chi connectivity index (χ1v) is 9.90. The van der Waals surface area contributed by atoms with Crippen LogP contribution in [0.5, 0.6) is 5.75 Å². The van der Waals surface area contributed by atoms with Crippen LogP contribution >= 0.6 is 11.8 Å². The van der Waals surface area contributed by atoms with Gasteiger partial charge in [0.2, 0.25) is 0 Å². The van der Waals surface area contributed by atoms with Gasteiger partial charge in [-0.15, -0.1) is 0 Å². The third-order valence-corrected chi connectivity index (χ3v) is 5.20. The van der Waals surface area contributed by atoms with Crippen LogP contribution in [0.1, 0.15) is 20.3 Å². The SMILES string of the molecule is CCN(CC)CCCSCCNc1cc(OC)cc2cccnc12. The molecule has 0 saturated heterocycles. The Morgan fingerprint density at radius 2 is 2.04 bits per heavy atom. The molecule has 132 valence electrons. The van der Waals surface area contributed by atoms with Crippen LogP contribution in [0.2, 0.25) is 0 Å². The molecular formula is C19H29N3OS. The average molecular weight is 348 g/mol. The molecule has 1 N–H and O–H groups in total. The summed E-state index contributed by atoms with van der Waals surface area (Å²) >= 11 is 2.01. The maximum Gasteiger partial charge on any atom is 0.121 e. The number of pyridine rings is 1. The molecule has 0 amide bonds. The lowest BCUT2D eigenvalue weighted by molar-refractivity contribution is 0.305. The summed E-state index contributed by atoms with van der Waals surface area (Å²) in [6.07, 6.45) is 3.10. The van der Waals surface area contributed by atoms with E-state index in [9.17, 15) is 0 Å². The van der Waals surface area contributed by atoms with Crippen molar-refractivity contribution in [1.29, 1.82) is 0 Å². The van der Waals surface area contributed by atoms with Gasteiger partial charge in [0.1, 0.15) is 5.75 Å². The first-order chi connectivity index (χ1) is 11.8. The van der Waals surface area contributed by atoms with Crippen molar-refractivity contribution in [2.24, 2.45) is 0 Å². The maximum absolute atomic E-state index is 5.39. The number of anilines is 1. The van der Waals surface area contributed by atoms with Crippen LogP contribution in [0, 0.1) is 0 Å². The van der Waals surface area contributed by atoms with Crippen LogP contribution in [0.4, 0.5) is 5.69 Å². The van der Waals surface area contributed by atoms with Crippen LogP contribution < -0.4 is 10.1 Å². The summed E-state index contributed by atoms with van der Waals surface area (Å²) in [6.45, 7) is 8.91. The quantitative estimate of drug-likeness (QED) is 0.619. The molecule has 1 aromatic heterocycles. The molecule has 0 saturated carbocycles. The van der Waals surface area contributed by atoms with Gasteiger partial charge in [-0.3, -0.25) is 4.98 Å². The van der Waals surface area contributed by atoms with Crippen LogP contribution in [0.25, 0.3) is 10.9 Å². The van der Waals surface area contributed by atoms with Crippen molar-refractivity contribution in [3.63, 3.8) is 0 Å². The molecule has 0 aliphatic carbocycles. The van der Waals surface area contributed by atoms with Crippen molar-refractivity contribution in [3.05, 3.63) is 30.5 Å². The molecule has 5 heteroatoms. The zero-order valence-corrected chi connectivity index (χ0v) is 15.9. The van der Waals surface area contributed by atoms with Gasteiger partial charge < -0.3 is 15.0 Å². The molecule has 0 spiro atoms. The monoisotopic (exact) mass is 347 g/mol. The second kappa shape index (κ2) is 10.4. The number of nitrogens with one attached hydrogen (secondary N) is 1. The standard InChI is InChI=1S/C19H29N3OS/c1-4-22(5-2)11-7-12-24-13-10-20-18-15-17(23-3)14-16-8-6-9-21-19(16)18/h6,8-9,14-15,20H,4-5,7,10-13H2,1-3H3. The first-order valence-electron chi connectivity index (χ1n) is 8.75. The normalized spacial score (nSPS) is 11.2. The Balaban J connectivity index is 1.77. The van der Waals surface area contributed by atoms with E-state index in [1.54, 1.807) is 7.11 Å². The number of fused-ring (bicyclic) bond motifs is 1. The number of ether oxygens (including phenoxy) is 1. The topological polar surface area (TPSA) is 37.4 Å². The predicted molar refractivity (Wildman–Crippen MR) is 107 cm³/mol. The van der Waals surface area contributed by atoms with E-state index >= 15 is 0 Å². The Bertz CT molecular complexity index is 617. The van der Waals surface area contributed by atoms with E-state index in [1.807, 2.05) is 36.2 Å². The van der Waals surface area contributed by atoms with Crippen LogP contribution in [-0.4, -0.2) is 54.7 Å². The molecule has 0 aliphatic heterocycles. The summed E-state index contributed by atoms with van der Waals surface area (Å²) in [5, 5.41) is 4.61. The van der Waals surface area contributed by atoms with Crippen LogP contribution in [0.15, 0.2) is 30.5 Å². The lowest BCUT2D eigenvalue weighted by Gasteiger charge is -2.17. The second-order valence-corrected chi connectivity index (χ2v) is 6.89. The van der Waals surface area contributed by atoms with Crippen LogP contribution in [-0.2, 0) is 0 Å². The Hall–Kier alpha value is -1.46. The van der Waals surface area contributed by atoms with E-state index in [-0.39, 0.29) is 0 Å². The van der Waals surface area contributed by atoms with Crippen LogP contribution in [0.3, 0.4) is 0 Å². The molecule has 24 heavy (non-hydrogen) atoms. The van der Waals surface area contributed by atoms with Crippen molar-refractivity contribution in [2.45, 2.75) is 20.3 Å². The Morgan fingerprint density at radius 3 is 2.79 bits per heavy atom. The zero-order chi connectivity index (χ0) is 17.2. The number of methoxy groups -OCH3 is 1. The number of thioether (sulfide) groups is 1. The fourth-order valence-electron chi connectivity index (χ4n) is 2.71. The molecular weight excluding hydrogens is 318 g/mol. The van der Waals surface area contributed by atoms with E-state index in [0.29, 0.717) is 0 Å². The summed E-state index contributed by atoms with van der Waals surface area (Å²) in [5.74, 6) is 3.18. The van der Waals surface area contributed by atoms with Crippen molar-refractivity contribution < 1.29 is 4.74 Å². The minimum atomic E-state index is 0.866. The molecule has 2 aromatic rings. The number of benzene rings is 1. The van der Waals surface area contributed by atoms with E-state index in [0.717, 1.165) is 47.7 Å². The van der Waals surface area contributed by atoms with Crippen molar-refractivity contribution in [2.75, 3.05) is 50.1 Å². The Kier molecular flexibility index (Phi) is 8.19. The molecule has 4 nitrogen and oxygen atoms in total. The van der Waals surface area contributed by atoms with Crippen molar-refractivity contribution in [1.82, 2.24) is 9.88 Å². The van der Waals surface area contributed by atoms with Gasteiger partial charge in [-0.05, 0) is 43.9 Å². The molecule has 0 fully saturated rings. The number of nitrogens with zero attached hydrogens (tertiary/aromatic N) is 2. The molecule has 2 rings (SSSR count). The highest BCUT2D eigenvalue weighted by Gasteiger charge is 2.05. The maximum atomic E-state index is 5.39. The third-order valence-electron chi connectivity index (χ3n) is 4.13. The Labute approximate surface area is 150 Å². The van der Waals surface area contributed by atoms with Gasteiger partial charge in [0.05, 0.1) is 18.3 Å². The molecule has 0 bridgehead atoms. The fraction of sp³-hybridized carbons (Fsp3) is 0.526. The molecule has 1 heterocycles. The highest BCUT2D eigenvalue weighted by atomic mass is 32.2. The Morgan fingerprint density at radius 1 is 1.21 bits per heavy atom. The lowest BCUT2D eigenvalue weighted by Crippen LogP contribution is -2.24. The number of hydrogen-bond donors (Lipinski definition) is 1. The average Bonchev–Trinajstić information content (AvgIpc) is 2.63. The number of aromatic nitrogens is 1. The minimum absolute atomic E-state index is 0.866. The summed E-state index contributed by atoms with van der Waals surface area (Å²) < 4.78 is 5.39. The van der Waals surface area contributed by atoms with Gasteiger partial charge >= 0.3 is 0 Å². The van der Waals surface area contributed by atoms with E-state index in [1.165, 1.54) is 18.7 Å². The van der Waals surface area contributed by atoms with E-state index < -0.39 is 0 Å². The van der Waals surface area contributed by atoms with Gasteiger partial charge in [0.25, 0.3) is 0 Å². The third kappa shape index (κ3) is 5.56. The van der Waals surface area contributed by atoms with Gasteiger partial charge in [-0.1, -0.05) is 19.9 Å². The lowest BCUT2D eigenvalue weighted by atomic mass is 10.2. The summed E-state index contributed by atoms with van der Waals surface area (Å²) in [6, 6.07) is 8.07. The smallest absolute Gasteiger partial charge is 0.121 e. The number of hydrogen-bond acceptors (Lipinski definition) is 5. The van der Waals surface area contributed by atoms with Gasteiger partial charge in [-0.25, -0.2) is 0 Å². The largest absolute Gasteiger partial charge is 0.497 e. The van der Waals surface area contributed by atoms with Gasteiger partial charge in [-0.2, -0.15) is 11.8 Å². The summed E-state index contributed by atoms with van der Waals surface area (Å²) in [7, 11) is 1.70. The minimum Gasteiger partial charge on any atom is -0.497 e. The highest BCUT2D eigenvalue weighted by Crippen LogP contribution is 2.27. The second-order valence-electron chi connectivity index (χ2n) is 5.67. The van der Waals surface area contributed by atoms with Crippen molar-refractivity contribution >= 4 is 28.4 Å². The van der Waals surface area contributed by atoms with Gasteiger partial charge in [0.15, 0.2) is 0 Å². The first kappa shape index (κ1) is 18.9. The highest BCUT2D eigenvalue weighted by molar-refractivity contribution is 7.99.